The number of nitrogens with zero attached hydrogens (tertiary/aromatic N) is 3. The van der Waals surface area contributed by atoms with E-state index in [1.54, 1.807) is 24.3 Å². The van der Waals surface area contributed by atoms with Crippen LogP contribution in [0.5, 0.6) is 17.2 Å². The van der Waals surface area contributed by atoms with Gasteiger partial charge in [0.25, 0.3) is 10.0 Å². The molecule has 2 aliphatic heterocycles. The average molecular weight is 625 g/mol. The van der Waals surface area contributed by atoms with Gasteiger partial charge in [0.2, 0.25) is 0 Å². The second-order valence-electron chi connectivity index (χ2n) is 11.5. The van der Waals surface area contributed by atoms with Gasteiger partial charge in [-0.1, -0.05) is 5.16 Å². The summed E-state index contributed by atoms with van der Waals surface area (Å²) in [5, 5.41) is 15.1. The number of aromatic nitrogens is 3. The first-order valence-electron chi connectivity index (χ1n) is 14.8. The Morgan fingerprint density at radius 2 is 1.73 bits per heavy atom. The van der Waals surface area contributed by atoms with Crippen LogP contribution in [0.25, 0.3) is 11.0 Å². The van der Waals surface area contributed by atoms with Gasteiger partial charge in [0.05, 0.1) is 39.0 Å². The van der Waals surface area contributed by atoms with E-state index in [9.17, 15) is 8.42 Å². The lowest BCUT2D eigenvalue weighted by Crippen LogP contribution is -2.33. The molecule has 2 atom stereocenters. The van der Waals surface area contributed by atoms with E-state index < -0.39 is 10.0 Å². The summed E-state index contributed by atoms with van der Waals surface area (Å²) in [6, 6.07) is 9.35. The maximum absolute atomic E-state index is 13.9. The van der Waals surface area contributed by atoms with Crippen molar-refractivity contribution in [2.45, 2.75) is 48.5 Å². The molecule has 2 aromatic heterocycles. The molecule has 3 N–H and O–H groups in total. The summed E-state index contributed by atoms with van der Waals surface area (Å²) >= 11 is 0. The molecule has 0 unspecified atom stereocenters. The smallest absolute Gasteiger partial charge is 0.270 e. The summed E-state index contributed by atoms with van der Waals surface area (Å²) in [6.07, 6.45) is 4.31. The Kier molecular flexibility index (Phi) is 7.50. The Hall–Kier alpha value is -4.01. The van der Waals surface area contributed by atoms with Crippen LogP contribution >= 0.6 is 0 Å². The van der Waals surface area contributed by atoms with Gasteiger partial charge in [0, 0.05) is 42.9 Å². The van der Waals surface area contributed by atoms with Gasteiger partial charge in [-0.25, -0.2) is 8.42 Å². The Morgan fingerprint density at radius 3 is 2.41 bits per heavy atom. The molecule has 234 valence electrons. The zero-order chi connectivity index (χ0) is 30.4. The van der Waals surface area contributed by atoms with E-state index in [0.29, 0.717) is 40.2 Å². The fourth-order valence-corrected chi connectivity index (χ4v) is 7.55. The lowest BCUT2D eigenvalue weighted by atomic mass is 9.98. The molecule has 2 aromatic carbocycles. The van der Waals surface area contributed by atoms with Gasteiger partial charge in [-0.15, -0.1) is 0 Å². The summed E-state index contributed by atoms with van der Waals surface area (Å²) in [6.45, 7) is 3.39. The normalized spacial score (nSPS) is 20.7. The van der Waals surface area contributed by atoms with Crippen molar-refractivity contribution >= 4 is 38.3 Å². The van der Waals surface area contributed by atoms with E-state index >= 15 is 0 Å². The molecule has 44 heavy (non-hydrogen) atoms. The van der Waals surface area contributed by atoms with E-state index in [0.717, 1.165) is 63.2 Å². The number of anilines is 3. The fourth-order valence-electron chi connectivity index (χ4n) is 6.23. The van der Waals surface area contributed by atoms with Gasteiger partial charge in [-0.05, 0) is 61.9 Å². The highest BCUT2D eigenvalue weighted by Crippen LogP contribution is 2.43. The number of hydrogen-bond acceptors (Lipinski definition) is 11. The van der Waals surface area contributed by atoms with Gasteiger partial charge < -0.3 is 28.8 Å². The topological polar surface area (TPSA) is 153 Å². The van der Waals surface area contributed by atoms with Gasteiger partial charge in [-0.3, -0.25) is 14.7 Å². The summed E-state index contributed by atoms with van der Waals surface area (Å²) < 4.78 is 58.3. The van der Waals surface area contributed by atoms with E-state index in [1.807, 2.05) is 6.07 Å². The molecule has 3 aliphatic rings. The Labute approximate surface area is 255 Å². The molecule has 0 radical (unpaired) electrons. The molecule has 1 saturated carbocycles. The zero-order valence-electron chi connectivity index (χ0n) is 24.9. The average Bonchev–Trinajstić information content (AvgIpc) is 3.46. The molecule has 0 amide bonds. The van der Waals surface area contributed by atoms with Crippen molar-refractivity contribution in [2.75, 3.05) is 57.7 Å². The third kappa shape index (κ3) is 5.41. The van der Waals surface area contributed by atoms with Gasteiger partial charge in [0.15, 0.2) is 22.1 Å². The summed E-state index contributed by atoms with van der Waals surface area (Å²) in [4.78, 5) is 2.34. The first-order valence-corrected chi connectivity index (χ1v) is 16.3. The van der Waals surface area contributed by atoms with Crippen LogP contribution in [0.4, 0.5) is 17.3 Å². The third-order valence-electron chi connectivity index (χ3n) is 8.77. The van der Waals surface area contributed by atoms with E-state index in [1.165, 1.54) is 21.3 Å². The van der Waals surface area contributed by atoms with Crippen molar-refractivity contribution in [2.24, 2.45) is 0 Å². The summed E-state index contributed by atoms with van der Waals surface area (Å²) in [7, 11) is 0.213. The maximum atomic E-state index is 13.9. The Bertz CT molecular complexity index is 1750. The molecular formula is C30H36N6O7S. The van der Waals surface area contributed by atoms with Crippen LogP contribution in [0.2, 0.25) is 0 Å². The number of likely N-dealkylation sites (tertiary alicyclic amines) is 1. The second kappa shape index (κ2) is 11.5. The first-order chi connectivity index (χ1) is 21.4. The number of fused-ring (bicyclic) bond motifs is 1. The minimum absolute atomic E-state index is 0.0130. The lowest BCUT2D eigenvalue weighted by molar-refractivity contribution is 0.158. The van der Waals surface area contributed by atoms with Crippen LogP contribution < -0.4 is 24.2 Å². The van der Waals surface area contributed by atoms with Crippen molar-refractivity contribution < 1.29 is 31.9 Å². The highest BCUT2D eigenvalue weighted by molar-refractivity contribution is 7.93. The second-order valence-corrected chi connectivity index (χ2v) is 13.2. The standard InChI is InChI=1S/C30H36N6O7S/c1-39-25-12-21-24(13-23(25)31-28-14-22(32-33-28)17-4-5-17)43-34-30(21)35-44(37,38)29-26(40-2)10-19(11-27(29)41-3)18-6-8-36(15-18)20-7-9-42-16-20/h10-14,17-18,20H,4-9,15-16H2,1-3H3,(H,34,35)(H2,31,32,33)/t18-,20-/m1/s1. The Morgan fingerprint density at radius 1 is 0.955 bits per heavy atom. The summed E-state index contributed by atoms with van der Waals surface area (Å²) in [5.74, 6) is 2.26. The molecule has 14 heteroatoms. The number of nitrogens with one attached hydrogen (secondary N) is 3. The molecule has 1 aliphatic carbocycles. The van der Waals surface area contributed by atoms with Crippen LogP contribution in [-0.2, 0) is 14.8 Å². The number of methoxy groups -OCH3 is 3. The minimum atomic E-state index is -4.22. The molecule has 4 aromatic rings. The van der Waals surface area contributed by atoms with Crippen LogP contribution in [0.3, 0.4) is 0 Å². The molecule has 3 fully saturated rings. The number of aromatic amines is 1. The van der Waals surface area contributed by atoms with Crippen LogP contribution in [0.15, 0.2) is 39.8 Å². The van der Waals surface area contributed by atoms with Crippen molar-refractivity contribution in [1.29, 1.82) is 0 Å². The molecule has 0 bridgehead atoms. The first kappa shape index (κ1) is 28.7. The number of ether oxygens (including phenoxy) is 4. The van der Waals surface area contributed by atoms with Gasteiger partial charge in [-0.2, -0.15) is 5.10 Å². The highest BCUT2D eigenvalue weighted by Gasteiger charge is 2.34. The van der Waals surface area contributed by atoms with Crippen LogP contribution in [0, 0.1) is 0 Å². The number of hydrogen-bond donors (Lipinski definition) is 3. The van der Waals surface area contributed by atoms with Crippen molar-refractivity contribution in [3.05, 3.63) is 41.6 Å². The lowest BCUT2D eigenvalue weighted by Gasteiger charge is -2.23. The SMILES string of the molecule is COc1cc2c(NS(=O)(=O)c3c(OC)cc([C@@H]4CCN([C@@H]5CCOC5)C4)cc3OC)noc2cc1Nc1cc(C2CC2)[nH]n1. The minimum Gasteiger partial charge on any atom is -0.495 e. The largest absolute Gasteiger partial charge is 0.495 e. The third-order valence-corrected chi connectivity index (χ3v) is 10.2. The van der Waals surface area contributed by atoms with E-state index in [2.05, 4.69) is 30.3 Å². The molecule has 7 rings (SSSR count). The monoisotopic (exact) mass is 624 g/mol. The fraction of sp³-hybridized carbons (Fsp3) is 0.467. The molecule has 2 saturated heterocycles. The number of rotatable bonds is 11. The van der Waals surface area contributed by atoms with Crippen molar-refractivity contribution in [1.82, 2.24) is 20.3 Å². The van der Waals surface area contributed by atoms with Crippen LogP contribution in [0.1, 0.15) is 48.8 Å². The predicted octanol–water partition coefficient (Wildman–Crippen LogP) is 4.58. The predicted molar refractivity (Wildman–Crippen MR) is 163 cm³/mol. The maximum Gasteiger partial charge on any atom is 0.270 e. The van der Waals surface area contributed by atoms with Gasteiger partial charge in [0.1, 0.15) is 17.2 Å². The van der Waals surface area contributed by atoms with E-state index in [4.69, 9.17) is 23.5 Å². The number of H-pyrrole nitrogens is 1. The van der Waals surface area contributed by atoms with Crippen molar-refractivity contribution in [3.63, 3.8) is 0 Å². The van der Waals surface area contributed by atoms with Gasteiger partial charge >= 0.3 is 0 Å². The summed E-state index contributed by atoms with van der Waals surface area (Å²) in [5.41, 5.74) is 3.02. The van der Waals surface area contributed by atoms with Crippen molar-refractivity contribution in [3.8, 4) is 17.2 Å². The zero-order valence-corrected chi connectivity index (χ0v) is 25.7. The molecule has 4 heterocycles. The molecule has 0 spiro atoms. The molecular weight excluding hydrogens is 588 g/mol. The Balaban J connectivity index is 1.15. The van der Waals surface area contributed by atoms with Crippen LogP contribution in [-0.4, -0.2) is 82.3 Å². The van der Waals surface area contributed by atoms with E-state index in [-0.39, 0.29) is 28.1 Å². The molecule has 13 nitrogen and oxygen atoms in total. The quantitative estimate of drug-likeness (QED) is 0.215. The number of sulfonamides is 1. The highest BCUT2D eigenvalue weighted by atomic mass is 32.2. The number of benzene rings is 2.